The summed E-state index contributed by atoms with van der Waals surface area (Å²) in [6.07, 6.45) is 7.98. The SMILES string of the molecule is C=C(/C=C\C=C/C)c1ccc(C2=Nc3ccccc3OC2)cc1. The van der Waals surface area contributed by atoms with Gasteiger partial charge in [-0.15, -0.1) is 0 Å². The summed E-state index contributed by atoms with van der Waals surface area (Å²) in [7, 11) is 0. The fourth-order valence-electron chi connectivity index (χ4n) is 2.40. The van der Waals surface area contributed by atoms with Gasteiger partial charge in [0.15, 0.2) is 0 Å². The fraction of sp³-hybridized carbons (Fsp3) is 0.0952. The van der Waals surface area contributed by atoms with Crippen LogP contribution in [0.5, 0.6) is 5.75 Å². The van der Waals surface area contributed by atoms with Crippen LogP contribution in [-0.2, 0) is 0 Å². The van der Waals surface area contributed by atoms with Gasteiger partial charge in [-0.3, -0.25) is 0 Å². The third kappa shape index (κ3) is 3.49. The predicted molar refractivity (Wildman–Crippen MR) is 97.6 cm³/mol. The second-order valence-electron chi connectivity index (χ2n) is 5.30. The molecule has 1 aliphatic rings. The van der Waals surface area contributed by atoms with Crippen molar-refractivity contribution in [2.75, 3.05) is 6.61 Å². The quantitative estimate of drug-likeness (QED) is 0.698. The molecule has 23 heavy (non-hydrogen) atoms. The Hall–Kier alpha value is -2.87. The third-order valence-corrected chi connectivity index (χ3v) is 3.67. The summed E-state index contributed by atoms with van der Waals surface area (Å²) in [6, 6.07) is 16.1. The van der Waals surface area contributed by atoms with E-state index in [1.54, 1.807) is 0 Å². The molecule has 0 unspecified atom stereocenters. The number of ether oxygens (including phenoxy) is 1. The lowest BCUT2D eigenvalue weighted by atomic mass is 10.0. The van der Waals surface area contributed by atoms with E-state index in [1.807, 2.05) is 55.5 Å². The molecule has 0 radical (unpaired) electrons. The molecule has 0 aliphatic carbocycles. The summed E-state index contributed by atoms with van der Waals surface area (Å²) in [4.78, 5) is 4.70. The van der Waals surface area contributed by atoms with Crippen molar-refractivity contribution in [3.63, 3.8) is 0 Å². The number of allylic oxidation sites excluding steroid dienone is 5. The normalized spacial score (nSPS) is 13.7. The number of rotatable bonds is 4. The van der Waals surface area contributed by atoms with E-state index in [0.717, 1.165) is 33.8 Å². The molecule has 2 nitrogen and oxygen atoms in total. The lowest BCUT2D eigenvalue weighted by Gasteiger charge is -2.17. The Kier molecular flexibility index (Phi) is 4.53. The van der Waals surface area contributed by atoms with Crippen LogP contribution in [0.4, 0.5) is 5.69 Å². The Bertz CT molecular complexity index is 795. The number of hydrogen-bond acceptors (Lipinski definition) is 2. The Morgan fingerprint density at radius 2 is 1.87 bits per heavy atom. The molecule has 0 amide bonds. The molecular formula is C21H19NO. The van der Waals surface area contributed by atoms with Crippen molar-refractivity contribution >= 4 is 17.0 Å². The highest BCUT2D eigenvalue weighted by molar-refractivity contribution is 6.04. The molecule has 2 heteroatoms. The van der Waals surface area contributed by atoms with E-state index in [2.05, 4.69) is 30.8 Å². The second-order valence-corrected chi connectivity index (χ2v) is 5.30. The number of aliphatic imine (C=N–C) groups is 1. The summed E-state index contributed by atoms with van der Waals surface area (Å²) in [6.45, 7) is 6.58. The molecular weight excluding hydrogens is 282 g/mol. The number of nitrogens with zero attached hydrogens (tertiary/aromatic N) is 1. The van der Waals surface area contributed by atoms with E-state index in [9.17, 15) is 0 Å². The minimum Gasteiger partial charge on any atom is -0.485 e. The zero-order valence-corrected chi connectivity index (χ0v) is 13.2. The van der Waals surface area contributed by atoms with Gasteiger partial charge in [0, 0.05) is 0 Å². The second kappa shape index (κ2) is 6.93. The van der Waals surface area contributed by atoms with Gasteiger partial charge in [0.05, 0.1) is 5.71 Å². The monoisotopic (exact) mass is 301 g/mol. The first kappa shape index (κ1) is 15.0. The Morgan fingerprint density at radius 3 is 2.65 bits per heavy atom. The van der Waals surface area contributed by atoms with E-state index in [-0.39, 0.29) is 0 Å². The van der Waals surface area contributed by atoms with Crippen molar-refractivity contribution < 1.29 is 4.74 Å². The maximum atomic E-state index is 5.77. The molecule has 0 atom stereocenters. The number of benzene rings is 2. The van der Waals surface area contributed by atoms with Gasteiger partial charge in [-0.1, -0.05) is 67.3 Å². The van der Waals surface area contributed by atoms with Gasteiger partial charge in [0.25, 0.3) is 0 Å². The highest BCUT2D eigenvalue weighted by Gasteiger charge is 2.13. The maximum absolute atomic E-state index is 5.77. The minimum absolute atomic E-state index is 0.499. The van der Waals surface area contributed by atoms with E-state index < -0.39 is 0 Å². The van der Waals surface area contributed by atoms with Gasteiger partial charge < -0.3 is 4.74 Å². The van der Waals surface area contributed by atoms with Crippen LogP contribution in [0.1, 0.15) is 18.1 Å². The molecule has 2 aromatic carbocycles. The summed E-state index contributed by atoms with van der Waals surface area (Å²) in [5.74, 6) is 0.843. The molecule has 0 saturated carbocycles. The van der Waals surface area contributed by atoms with E-state index in [1.165, 1.54) is 0 Å². The average Bonchev–Trinajstić information content (AvgIpc) is 2.61. The molecule has 0 bridgehead atoms. The van der Waals surface area contributed by atoms with Crippen LogP contribution >= 0.6 is 0 Å². The van der Waals surface area contributed by atoms with E-state index in [0.29, 0.717) is 6.61 Å². The molecule has 0 spiro atoms. The Labute approximate surface area is 137 Å². The van der Waals surface area contributed by atoms with E-state index in [4.69, 9.17) is 9.73 Å². The van der Waals surface area contributed by atoms with Crippen LogP contribution in [0.3, 0.4) is 0 Å². The lowest BCUT2D eigenvalue weighted by Crippen LogP contribution is -2.16. The van der Waals surface area contributed by atoms with Crippen molar-refractivity contribution in [1.82, 2.24) is 0 Å². The number of hydrogen-bond donors (Lipinski definition) is 0. The van der Waals surface area contributed by atoms with Crippen molar-refractivity contribution in [1.29, 1.82) is 0 Å². The standard InChI is InChI=1S/C21H19NO/c1-3-4-5-8-16(2)17-11-13-18(14-12-17)20-15-23-21-10-7-6-9-19(21)22-20/h3-14H,2,15H2,1H3/b4-3-,8-5-. The smallest absolute Gasteiger partial charge is 0.145 e. The highest BCUT2D eigenvalue weighted by Crippen LogP contribution is 2.31. The van der Waals surface area contributed by atoms with Gasteiger partial charge in [-0.2, -0.15) is 0 Å². The molecule has 2 aromatic rings. The zero-order valence-electron chi connectivity index (χ0n) is 13.2. The van der Waals surface area contributed by atoms with Crippen molar-refractivity contribution in [3.8, 4) is 5.75 Å². The first-order valence-corrected chi connectivity index (χ1v) is 7.66. The zero-order chi connectivity index (χ0) is 16.1. The van der Waals surface area contributed by atoms with Crippen LogP contribution in [0.2, 0.25) is 0 Å². The summed E-state index contributed by atoms with van der Waals surface area (Å²) < 4.78 is 5.77. The first-order chi connectivity index (χ1) is 11.3. The topological polar surface area (TPSA) is 21.6 Å². The van der Waals surface area contributed by atoms with Crippen LogP contribution in [-0.4, -0.2) is 12.3 Å². The van der Waals surface area contributed by atoms with Crippen molar-refractivity contribution in [3.05, 3.63) is 90.5 Å². The summed E-state index contributed by atoms with van der Waals surface area (Å²) in [5.41, 5.74) is 5.00. The van der Waals surface area contributed by atoms with Gasteiger partial charge >= 0.3 is 0 Å². The van der Waals surface area contributed by atoms with Crippen LogP contribution in [0.15, 0.2) is 84.4 Å². The molecule has 0 aromatic heterocycles. The molecule has 114 valence electrons. The molecule has 1 aliphatic heterocycles. The highest BCUT2D eigenvalue weighted by atomic mass is 16.5. The third-order valence-electron chi connectivity index (χ3n) is 3.67. The largest absolute Gasteiger partial charge is 0.485 e. The van der Waals surface area contributed by atoms with Crippen molar-refractivity contribution in [2.45, 2.75) is 6.92 Å². The maximum Gasteiger partial charge on any atom is 0.145 e. The number of para-hydroxylation sites is 2. The fourth-order valence-corrected chi connectivity index (χ4v) is 2.40. The molecule has 3 rings (SSSR count). The molecule has 1 heterocycles. The predicted octanol–water partition coefficient (Wildman–Crippen LogP) is 5.35. The van der Waals surface area contributed by atoms with Gasteiger partial charge in [0.1, 0.15) is 18.0 Å². The van der Waals surface area contributed by atoms with Gasteiger partial charge in [0.2, 0.25) is 0 Å². The molecule has 0 fully saturated rings. The number of fused-ring (bicyclic) bond motifs is 1. The average molecular weight is 301 g/mol. The van der Waals surface area contributed by atoms with Crippen LogP contribution in [0, 0.1) is 0 Å². The van der Waals surface area contributed by atoms with Gasteiger partial charge in [-0.05, 0) is 35.8 Å². The van der Waals surface area contributed by atoms with E-state index >= 15 is 0 Å². The van der Waals surface area contributed by atoms with Crippen LogP contribution in [0.25, 0.3) is 5.57 Å². The lowest BCUT2D eigenvalue weighted by molar-refractivity contribution is 0.373. The molecule has 0 saturated heterocycles. The minimum atomic E-state index is 0.499. The summed E-state index contributed by atoms with van der Waals surface area (Å²) >= 11 is 0. The van der Waals surface area contributed by atoms with Gasteiger partial charge in [-0.25, -0.2) is 4.99 Å². The Balaban J connectivity index is 1.81. The van der Waals surface area contributed by atoms with Crippen molar-refractivity contribution in [2.24, 2.45) is 4.99 Å². The summed E-state index contributed by atoms with van der Waals surface area (Å²) in [5, 5.41) is 0. The first-order valence-electron chi connectivity index (χ1n) is 7.66. The molecule has 0 N–H and O–H groups in total. The Morgan fingerprint density at radius 1 is 1.09 bits per heavy atom. The van der Waals surface area contributed by atoms with Crippen LogP contribution < -0.4 is 4.74 Å².